The molecule has 3 heteroatoms. The van der Waals surface area contributed by atoms with Gasteiger partial charge in [0.15, 0.2) is 0 Å². The topological polar surface area (TPSA) is 22.8 Å². The number of rotatable bonds is 8. The Bertz CT molecular complexity index is 3630. The van der Waals surface area contributed by atoms with Gasteiger partial charge in [-0.3, -0.25) is 0 Å². The number of nitrogens with zero attached hydrogens (tertiary/aromatic N) is 3. The molecule has 0 atom stereocenters. The van der Waals surface area contributed by atoms with Crippen molar-refractivity contribution in [3.8, 4) is 78.4 Å². The van der Waals surface area contributed by atoms with Gasteiger partial charge in [0, 0.05) is 27.6 Å². The van der Waals surface area contributed by atoms with Crippen molar-refractivity contribution in [2.45, 2.75) is 0 Å². The minimum Gasteiger partial charge on any atom is -0.309 e. The summed E-state index contributed by atoms with van der Waals surface area (Å²) in [7, 11) is 0. The Balaban J connectivity index is 0.911. The van der Waals surface area contributed by atoms with Crippen molar-refractivity contribution in [3.05, 3.63) is 249 Å². The van der Waals surface area contributed by atoms with Crippen LogP contribution in [0.4, 0.5) is 0 Å². The van der Waals surface area contributed by atoms with Crippen LogP contribution in [0.15, 0.2) is 249 Å². The summed E-state index contributed by atoms with van der Waals surface area (Å²) in [6.07, 6.45) is 0. The molecule has 2 heterocycles. The molecule has 0 aliphatic carbocycles. The fourth-order valence-electron chi connectivity index (χ4n) is 9.45. The average Bonchev–Trinajstić information content (AvgIpc) is 3.97. The number of para-hydroxylation sites is 2. The van der Waals surface area contributed by atoms with Crippen LogP contribution in [-0.2, 0) is 0 Å². The fraction of sp³-hybridized carbons (Fsp3) is 0. The maximum atomic E-state index is 5.23. The quantitative estimate of drug-likeness (QED) is 0.150. The van der Waals surface area contributed by atoms with Gasteiger partial charge in [0.2, 0.25) is 0 Å². The van der Waals surface area contributed by atoms with E-state index in [2.05, 4.69) is 252 Å². The lowest BCUT2D eigenvalue weighted by Crippen LogP contribution is -1.99. The normalized spacial score (nSPS) is 11.4. The van der Waals surface area contributed by atoms with Crippen LogP contribution in [0.5, 0.6) is 0 Å². The lowest BCUT2D eigenvalue weighted by Gasteiger charge is -2.16. The molecule has 0 spiro atoms. The lowest BCUT2D eigenvalue weighted by atomic mass is 9.89. The zero-order chi connectivity index (χ0) is 42.4. The maximum absolute atomic E-state index is 5.23. The second-order valence-electron chi connectivity index (χ2n) is 16.4. The fourth-order valence-corrected chi connectivity index (χ4v) is 9.45. The van der Waals surface area contributed by atoms with Gasteiger partial charge in [-0.15, -0.1) is 0 Å². The molecule has 10 aromatic carbocycles. The van der Waals surface area contributed by atoms with Crippen LogP contribution in [0.25, 0.3) is 111 Å². The number of fused-ring (bicyclic) bond motifs is 4. The minimum atomic E-state index is 0.933. The highest BCUT2D eigenvalue weighted by molar-refractivity contribution is 6.11. The highest BCUT2D eigenvalue weighted by atomic mass is 15.3. The summed E-state index contributed by atoms with van der Waals surface area (Å²) < 4.78 is 4.46. The van der Waals surface area contributed by atoms with Gasteiger partial charge in [0.05, 0.1) is 28.1 Å². The van der Waals surface area contributed by atoms with E-state index in [0.29, 0.717) is 0 Å². The zero-order valence-corrected chi connectivity index (χ0v) is 35.0. The van der Waals surface area contributed by atoms with Crippen LogP contribution < -0.4 is 0 Å². The van der Waals surface area contributed by atoms with Gasteiger partial charge in [-0.2, -0.15) is 5.10 Å². The van der Waals surface area contributed by atoms with E-state index in [4.69, 9.17) is 5.10 Å². The van der Waals surface area contributed by atoms with Crippen molar-refractivity contribution in [3.63, 3.8) is 0 Å². The molecule has 300 valence electrons. The molecule has 0 radical (unpaired) electrons. The summed E-state index contributed by atoms with van der Waals surface area (Å²) in [5.74, 6) is 0. The van der Waals surface area contributed by atoms with E-state index in [-0.39, 0.29) is 0 Å². The first-order valence-electron chi connectivity index (χ1n) is 21.9. The van der Waals surface area contributed by atoms with Crippen LogP contribution >= 0.6 is 0 Å². The molecule has 0 N–H and O–H groups in total. The average molecular weight is 816 g/mol. The Hall–Kier alpha value is -8.53. The summed E-state index contributed by atoms with van der Waals surface area (Å²) >= 11 is 0. The van der Waals surface area contributed by atoms with Gasteiger partial charge in [0.25, 0.3) is 0 Å². The summed E-state index contributed by atoms with van der Waals surface area (Å²) in [5.41, 5.74) is 18.2. The Morgan fingerprint density at radius 3 is 1.58 bits per heavy atom. The van der Waals surface area contributed by atoms with E-state index in [1.54, 1.807) is 0 Å². The molecule has 0 fully saturated rings. The van der Waals surface area contributed by atoms with Crippen LogP contribution in [0.2, 0.25) is 0 Å². The van der Waals surface area contributed by atoms with Crippen molar-refractivity contribution in [1.82, 2.24) is 14.3 Å². The molecule has 0 bridgehead atoms. The summed E-state index contributed by atoms with van der Waals surface area (Å²) in [5, 5.41) is 10.2. The first-order valence-corrected chi connectivity index (χ1v) is 21.9. The first-order chi connectivity index (χ1) is 31.7. The molecule has 0 amide bonds. The zero-order valence-electron chi connectivity index (χ0n) is 35.0. The van der Waals surface area contributed by atoms with Gasteiger partial charge < -0.3 is 4.57 Å². The van der Waals surface area contributed by atoms with Crippen LogP contribution in [0.3, 0.4) is 0 Å². The van der Waals surface area contributed by atoms with E-state index < -0.39 is 0 Å². The molecule has 64 heavy (non-hydrogen) atoms. The predicted octanol–water partition coefficient (Wildman–Crippen LogP) is 16.1. The number of benzene rings is 10. The lowest BCUT2D eigenvalue weighted by molar-refractivity contribution is 0.892. The van der Waals surface area contributed by atoms with Gasteiger partial charge in [-0.25, -0.2) is 4.68 Å². The standard InChI is InChI=1S/C61H41N3/c1-3-16-45(17-4-1)58-41-61(46-30-27-43(28-31-46)48-32-29-42-15-7-8-18-47(42)39-48)64(62-58)51-36-33-44(34-37-51)52-21-9-11-23-54(52)55-24-12-10-22-53(55)49-35-38-60-57(40-49)56-25-13-14-26-59(56)63(60)50-19-5-2-6-20-50/h1-41H. The first kappa shape index (κ1) is 37.2. The molecule has 0 saturated heterocycles. The van der Waals surface area contributed by atoms with E-state index in [1.165, 1.54) is 71.5 Å². The molecule has 2 aromatic heterocycles. The van der Waals surface area contributed by atoms with Crippen LogP contribution in [0, 0.1) is 0 Å². The van der Waals surface area contributed by atoms with Crippen LogP contribution in [-0.4, -0.2) is 14.3 Å². The maximum Gasteiger partial charge on any atom is 0.0934 e. The molecule has 12 aromatic rings. The summed E-state index contributed by atoms with van der Waals surface area (Å²) in [6.45, 7) is 0. The number of hydrogen-bond donors (Lipinski definition) is 0. The van der Waals surface area contributed by atoms with Gasteiger partial charge in [0.1, 0.15) is 0 Å². The largest absolute Gasteiger partial charge is 0.309 e. The van der Waals surface area contributed by atoms with Gasteiger partial charge in [-0.05, 0) is 110 Å². The second kappa shape index (κ2) is 15.7. The number of hydrogen-bond acceptors (Lipinski definition) is 1. The second-order valence-corrected chi connectivity index (χ2v) is 16.4. The SMILES string of the molecule is c1ccc(-c2cc(-c3ccc(-c4ccc5ccccc5c4)cc3)n(-c3ccc(-c4ccccc4-c4ccccc4-c4ccc5c(c4)c4ccccc4n5-c4ccccc4)cc3)n2)cc1. The Labute approximate surface area is 372 Å². The van der Waals surface area contributed by atoms with E-state index >= 15 is 0 Å². The van der Waals surface area contributed by atoms with Crippen LogP contribution in [0.1, 0.15) is 0 Å². The molecule has 0 unspecified atom stereocenters. The summed E-state index contributed by atoms with van der Waals surface area (Å²) in [6, 6.07) is 89.5. The van der Waals surface area contributed by atoms with Crippen molar-refractivity contribution in [2.24, 2.45) is 0 Å². The van der Waals surface area contributed by atoms with Crippen molar-refractivity contribution in [1.29, 1.82) is 0 Å². The molecule has 12 rings (SSSR count). The molecular weight excluding hydrogens is 775 g/mol. The Morgan fingerprint density at radius 2 is 0.828 bits per heavy atom. The van der Waals surface area contributed by atoms with Crippen molar-refractivity contribution >= 4 is 32.6 Å². The third kappa shape index (κ3) is 6.59. The monoisotopic (exact) mass is 815 g/mol. The molecular formula is C61H41N3. The Kier molecular flexibility index (Phi) is 9.16. The van der Waals surface area contributed by atoms with E-state index in [9.17, 15) is 0 Å². The molecule has 3 nitrogen and oxygen atoms in total. The molecule has 0 aliphatic heterocycles. The highest BCUT2D eigenvalue weighted by Crippen LogP contribution is 2.41. The third-order valence-electron chi connectivity index (χ3n) is 12.6. The summed E-state index contributed by atoms with van der Waals surface area (Å²) in [4.78, 5) is 0. The third-order valence-corrected chi connectivity index (χ3v) is 12.6. The highest BCUT2D eigenvalue weighted by Gasteiger charge is 2.18. The van der Waals surface area contributed by atoms with E-state index in [1.807, 2.05) is 6.07 Å². The minimum absolute atomic E-state index is 0.933. The Morgan fingerprint density at radius 1 is 0.281 bits per heavy atom. The number of aromatic nitrogens is 3. The molecule has 0 saturated carbocycles. The smallest absolute Gasteiger partial charge is 0.0934 e. The van der Waals surface area contributed by atoms with E-state index in [0.717, 1.165) is 39.5 Å². The van der Waals surface area contributed by atoms with Gasteiger partial charge >= 0.3 is 0 Å². The molecule has 0 aliphatic rings. The van der Waals surface area contributed by atoms with Crippen molar-refractivity contribution < 1.29 is 0 Å². The van der Waals surface area contributed by atoms with Crippen molar-refractivity contribution in [2.75, 3.05) is 0 Å². The van der Waals surface area contributed by atoms with Gasteiger partial charge in [-0.1, -0.05) is 194 Å². The predicted molar refractivity (Wildman–Crippen MR) is 268 cm³/mol.